The van der Waals surface area contributed by atoms with Crippen molar-refractivity contribution in [2.24, 2.45) is 0 Å². The van der Waals surface area contributed by atoms with E-state index in [2.05, 4.69) is 15.3 Å². The molecule has 0 unspecified atom stereocenters. The van der Waals surface area contributed by atoms with Crippen LogP contribution in [0.4, 0.5) is 14.6 Å². The Morgan fingerprint density at radius 3 is 2.75 bits per heavy atom. The summed E-state index contributed by atoms with van der Waals surface area (Å²) in [7, 11) is 0. The van der Waals surface area contributed by atoms with E-state index in [0.29, 0.717) is 5.82 Å². The average Bonchev–Trinajstić information content (AvgIpc) is 2.48. The number of anilines is 1. The maximum atomic E-state index is 13.5. The molecule has 5 heteroatoms. The summed E-state index contributed by atoms with van der Waals surface area (Å²) in [4.78, 5) is 8.28. The normalized spacial score (nSPS) is 10.7. The van der Waals surface area contributed by atoms with Gasteiger partial charge in [0.2, 0.25) is 0 Å². The molecule has 0 atom stereocenters. The van der Waals surface area contributed by atoms with Crippen molar-refractivity contribution in [3.63, 3.8) is 0 Å². The Bertz CT molecular complexity index is 754. The molecule has 0 amide bonds. The molecular weight excluding hydrogens is 260 g/mol. The SMILES string of the molecule is Fc1ccc(F)c(CNc2ncnc3ccccc23)c1. The smallest absolute Gasteiger partial charge is 0.137 e. The molecule has 2 aromatic carbocycles. The van der Waals surface area contributed by atoms with Crippen molar-refractivity contribution in [3.8, 4) is 0 Å². The van der Waals surface area contributed by atoms with Crippen LogP contribution in [0.1, 0.15) is 5.56 Å². The number of fused-ring (bicyclic) bond motifs is 1. The molecular formula is C15H11F2N3. The lowest BCUT2D eigenvalue weighted by Gasteiger charge is -2.09. The van der Waals surface area contributed by atoms with Crippen molar-refractivity contribution in [1.82, 2.24) is 9.97 Å². The van der Waals surface area contributed by atoms with E-state index in [1.807, 2.05) is 24.3 Å². The first-order valence-electron chi connectivity index (χ1n) is 6.11. The quantitative estimate of drug-likeness (QED) is 0.792. The summed E-state index contributed by atoms with van der Waals surface area (Å²) in [6.45, 7) is 0.157. The number of halogens is 2. The van der Waals surface area contributed by atoms with Crippen molar-refractivity contribution >= 4 is 16.7 Å². The fraction of sp³-hybridized carbons (Fsp3) is 0.0667. The van der Waals surface area contributed by atoms with E-state index in [4.69, 9.17) is 0 Å². The summed E-state index contributed by atoms with van der Waals surface area (Å²) in [6, 6.07) is 10.9. The van der Waals surface area contributed by atoms with Crippen molar-refractivity contribution in [1.29, 1.82) is 0 Å². The highest BCUT2D eigenvalue weighted by atomic mass is 19.1. The van der Waals surface area contributed by atoms with E-state index in [0.717, 1.165) is 23.0 Å². The zero-order valence-electron chi connectivity index (χ0n) is 10.5. The lowest BCUT2D eigenvalue weighted by Crippen LogP contribution is -2.04. The molecule has 0 aliphatic heterocycles. The van der Waals surface area contributed by atoms with Gasteiger partial charge in [-0.2, -0.15) is 0 Å². The lowest BCUT2D eigenvalue weighted by molar-refractivity contribution is 0.587. The molecule has 1 aromatic heterocycles. The molecule has 20 heavy (non-hydrogen) atoms. The molecule has 3 rings (SSSR count). The zero-order valence-corrected chi connectivity index (χ0v) is 10.5. The van der Waals surface area contributed by atoms with Crippen LogP contribution in [0, 0.1) is 11.6 Å². The van der Waals surface area contributed by atoms with Crippen molar-refractivity contribution in [3.05, 3.63) is 66.0 Å². The predicted octanol–water partition coefficient (Wildman–Crippen LogP) is 3.52. The van der Waals surface area contributed by atoms with Crippen molar-refractivity contribution in [2.45, 2.75) is 6.54 Å². The molecule has 0 saturated carbocycles. The molecule has 0 spiro atoms. The number of benzene rings is 2. The maximum absolute atomic E-state index is 13.5. The molecule has 0 fully saturated rings. The Hall–Kier alpha value is -2.56. The number of rotatable bonds is 3. The zero-order chi connectivity index (χ0) is 13.9. The summed E-state index contributed by atoms with van der Waals surface area (Å²) in [5.74, 6) is -0.313. The van der Waals surface area contributed by atoms with Crippen molar-refractivity contribution < 1.29 is 8.78 Å². The third-order valence-corrected chi connectivity index (χ3v) is 3.00. The second kappa shape index (κ2) is 5.21. The highest BCUT2D eigenvalue weighted by Gasteiger charge is 2.06. The summed E-state index contributed by atoms with van der Waals surface area (Å²) >= 11 is 0. The van der Waals surface area contributed by atoms with Crippen LogP contribution in [0.3, 0.4) is 0 Å². The van der Waals surface area contributed by atoms with Crippen LogP contribution in [0.25, 0.3) is 10.9 Å². The Morgan fingerprint density at radius 1 is 1.00 bits per heavy atom. The van der Waals surface area contributed by atoms with Gasteiger partial charge in [0.25, 0.3) is 0 Å². The minimum absolute atomic E-state index is 0.157. The van der Waals surface area contributed by atoms with Crippen molar-refractivity contribution in [2.75, 3.05) is 5.32 Å². The highest BCUT2D eigenvalue weighted by Crippen LogP contribution is 2.19. The summed E-state index contributed by atoms with van der Waals surface area (Å²) in [6.07, 6.45) is 1.44. The van der Waals surface area contributed by atoms with Gasteiger partial charge in [-0.1, -0.05) is 12.1 Å². The van der Waals surface area contributed by atoms with Gasteiger partial charge in [-0.25, -0.2) is 18.7 Å². The average molecular weight is 271 g/mol. The number of nitrogens with one attached hydrogen (secondary N) is 1. The second-order valence-corrected chi connectivity index (χ2v) is 4.33. The molecule has 0 aliphatic carbocycles. The van der Waals surface area contributed by atoms with Gasteiger partial charge in [-0.3, -0.25) is 0 Å². The van der Waals surface area contributed by atoms with Crippen LogP contribution in [0.5, 0.6) is 0 Å². The maximum Gasteiger partial charge on any atom is 0.137 e. The van der Waals surface area contributed by atoms with E-state index in [1.165, 1.54) is 12.4 Å². The van der Waals surface area contributed by atoms with Gasteiger partial charge in [-0.05, 0) is 30.3 Å². The first-order chi connectivity index (χ1) is 9.74. The molecule has 100 valence electrons. The first-order valence-corrected chi connectivity index (χ1v) is 6.11. The molecule has 1 N–H and O–H groups in total. The largest absolute Gasteiger partial charge is 0.365 e. The third-order valence-electron chi connectivity index (χ3n) is 3.00. The van der Waals surface area contributed by atoms with E-state index in [1.54, 1.807) is 0 Å². The molecule has 3 nitrogen and oxygen atoms in total. The monoisotopic (exact) mass is 271 g/mol. The number of aromatic nitrogens is 2. The second-order valence-electron chi connectivity index (χ2n) is 4.33. The first kappa shape index (κ1) is 12.5. The van der Waals surface area contributed by atoms with Gasteiger partial charge in [0, 0.05) is 17.5 Å². The Balaban J connectivity index is 1.89. The van der Waals surface area contributed by atoms with Gasteiger partial charge < -0.3 is 5.32 Å². The van der Waals surface area contributed by atoms with E-state index in [-0.39, 0.29) is 12.1 Å². The van der Waals surface area contributed by atoms with Crippen LogP contribution in [-0.4, -0.2) is 9.97 Å². The molecule has 0 bridgehead atoms. The molecule has 0 aliphatic rings. The molecule has 1 heterocycles. The van der Waals surface area contributed by atoms with Crippen LogP contribution < -0.4 is 5.32 Å². The fourth-order valence-corrected chi connectivity index (χ4v) is 2.00. The van der Waals surface area contributed by atoms with E-state index in [9.17, 15) is 8.78 Å². The minimum Gasteiger partial charge on any atom is -0.365 e. The molecule has 3 aromatic rings. The van der Waals surface area contributed by atoms with Crippen LogP contribution in [-0.2, 0) is 6.54 Å². The number of hydrogen-bond donors (Lipinski definition) is 1. The number of nitrogens with zero attached hydrogens (tertiary/aromatic N) is 2. The van der Waals surface area contributed by atoms with E-state index >= 15 is 0 Å². The number of hydrogen-bond acceptors (Lipinski definition) is 3. The molecule has 0 radical (unpaired) electrons. The Morgan fingerprint density at radius 2 is 1.85 bits per heavy atom. The summed E-state index contributed by atoms with van der Waals surface area (Å²) < 4.78 is 26.7. The number of para-hydroxylation sites is 1. The predicted molar refractivity (Wildman–Crippen MR) is 73.2 cm³/mol. The topological polar surface area (TPSA) is 37.8 Å². The van der Waals surface area contributed by atoms with Gasteiger partial charge >= 0.3 is 0 Å². The van der Waals surface area contributed by atoms with Gasteiger partial charge in [0.05, 0.1) is 5.52 Å². The highest BCUT2D eigenvalue weighted by molar-refractivity contribution is 5.88. The van der Waals surface area contributed by atoms with Crippen LogP contribution in [0.2, 0.25) is 0 Å². The van der Waals surface area contributed by atoms with Gasteiger partial charge in [0.1, 0.15) is 23.8 Å². The fourth-order valence-electron chi connectivity index (χ4n) is 2.00. The minimum atomic E-state index is -0.462. The summed E-state index contributed by atoms with van der Waals surface area (Å²) in [5.41, 5.74) is 1.05. The third kappa shape index (κ3) is 2.42. The van der Waals surface area contributed by atoms with E-state index < -0.39 is 11.6 Å². The van der Waals surface area contributed by atoms with Gasteiger partial charge in [0.15, 0.2) is 0 Å². The van der Waals surface area contributed by atoms with Crippen LogP contribution >= 0.6 is 0 Å². The Kier molecular flexibility index (Phi) is 3.25. The lowest BCUT2D eigenvalue weighted by atomic mass is 10.2. The Labute approximate surface area is 114 Å². The standard InChI is InChI=1S/C15H11F2N3/c16-11-5-6-13(17)10(7-11)8-18-15-12-3-1-2-4-14(12)19-9-20-15/h1-7,9H,8H2,(H,18,19,20). The van der Waals surface area contributed by atoms with Gasteiger partial charge in [-0.15, -0.1) is 0 Å². The summed E-state index contributed by atoms with van der Waals surface area (Å²) in [5, 5.41) is 3.85. The molecule has 0 saturated heterocycles. The van der Waals surface area contributed by atoms with Crippen LogP contribution in [0.15, 0.2) is 48.8 Å².